The molecule has 0 spiro atoms. The van der Waals surface area contributed by atoms with E-state index in [1.54, 1.807) is 25.1 Å². The number of rotatable bonds is 2. The molecule has 0 bridgehead atoms. The minimum Gasteiger partial charge on any atom is -0.437 e. The number of carbonyl (C=O) groups excluding carboxylic acids is 2. The number of Topliss-reactive ketones (excluding diaryl/α,β-unsaturated/α-hetero) is 2. The van der Waals surface area contributed by atoms with Crippen LogP contribution in [0, 0.1) is 30.2 Å². The summed E-state index contributed by atoms with van der Waals surface area (Å²) < 4.78 is 22.1. The predicted molar refractivity (Wildman–Crippen MR) is 142 cm³/mol. The Morgan fingerprint density at radius 1 is 1.12 bits per heavy atom. The van der Waals surface area contributed by atoms with E-state index in [9.17, 15) is 9.59 Å². The molecule has 1 unspecified atom stereocenters. The SMILES string of the molecule is [B]c1c(C)c(P)c(F)c(-c2nc3oc(C=C4C(=O)c5cc(C)c(C)cc5C4=O)cc3s2)c1I. The highest BCUT2D eigenvalue weighted by atomic mass is 127. The van der Waals surface area contributed by atoms with Gasteiger partial charge in [0.25, 0.3) is 0 Å². The van der Waals surface area contributed by atoms with Crippen molar-refractivity contribution in [2.75, 3.05) is 0 Å². The van der Waals surface area contributed by atoms with Crippen molar-refractivity contribution in [1.29, 1.82) is 0 Å². The van der Waals surface area contributed by atoms with E-state index in [1.807, 2.05) is 36.4 Å². The van der Waals surface area contributed by atoms with Crippen LogP contribution >= 0.6 is 43.2 Å². The molecule has 1 atom stereocenters. The number of hydrogen-bond acceptors (Lipinski definition) is 5. The van der Waals surface area contributed by atoms with E-state index in [2.05, 4.69) is 14.2 Å². The van der Waals surface area contributed by atoms with Gasteiger partial charge in [-0.25, -0.2) is 9.37 Å². The summed E-state index contributed by atoms with van der Waals surface area (Å²) >= 11 is 3.29. The number of allylic oxidation sites excluding steroid dienone is 1. The van der Waals surface area contributed by atoms with Crippen LogP contribution in [0.25, 0.3) is 27.1 Å². The Labute approximate surface area is 210 Å². The van der Waals surface area contributed by atoms with Crippen LogP contribution in [0.4, 0.5) is 4.39 Å². The number of furan rings is 1. The third-order valence-corrected chi connectivity index (χ3v) is 8.75. The van der Waals surface area contributed by atoms with E-state index < -0.39 is 0 Å². The van der Waals surface area contributed by atoms with Crippen LogP contribution in [0.2, 0.25) is 0 Å². The van der Waals surface area contributed by atoms with Crippen molar-refractivity contribution in [2.45, 2.75) is 20.8 Å². The Morgan fingerprint density at radius 3 is 2.30 bits per heavy atom. The smallest absolute Gasteiger partial charge is 0.238 e. The number of hydrogen-bond donors (Lipinski definition) is 0. The minimum atomic E-state index is -0.389. The van der Waals surface area contributed by atoms with Crippen LogP contribution < -0.4 is 10.8 Å². The molecule has 0 fully saturated rings. The Morgan fingerprint density at radius 2 is 1.73 bits per heavy atom. The molecule has 1 aliphatic carbocycles. The minimum absolute atomic E-state index is 0.0659. The highest BCUT2D eigenvalue weighted by Gasteiger charge is 2.34. The molecular formula is C24H15BFINO3PS. The fourth-order valence-corrected chi connectivity index (χ4v) is 6.18. The van der Waals surface area contributed by atoms with E-state index in [-0.39, 0.29) is 23.0 Å². The van der Waals surface area contributed by atoms with Crippen LogP contribution in [-0.4, -0.2) is 24.4 Å². The fraction of sp³-hybridized carbons (Fsp3) is 0.125. The van der Waals surface area contributed by atoms with Crippen molar-refractivity contribution in [1.82, 2.24) is 4.98 Å². The molecule has 2 aromatic carbocycles. The average Bonchev–Trinajstić information content (AvgIpc) is 3.39. The van der Waals surface area contributed by atoms with Crippen molar-refractivity contribution in [3.05, 3.63) is 66.7 Å². The van der Waals surface area contributed by atoms with E-state index in [4.69, 9.17) is 12.3 Å². The first kappa shape index (κ1) is 22.6. The van der Waals surface area contributed by atoms with E-state index in [0.717, 1.165) is 11.1 Å². The van der Waals surface area contributed by atoms with Gasteiger partial charge in [0.1, 0.15) is 24.4 Å². The predicted octanol–water partition coefficient (Wildman–Crippen LogP) is 4.98. The maximum absolute atomic E-state index is 15.0. The first-order valence-corrected chi connectivity index (χ1v) is 12.4. The standard InChI is InChI=1S/C24H15BFINO3PS/c1-8-4-12-13(5-9(8)2)21(30)14(20(12)29)6-11-7-15-23(31-11)28-24(33-15)16-18(26)22(32)10(3)17(25)19(16)27/h4-7H,32H2,1-3H3. The molecule has 2 aromatic heterocycles. The molecule has 0 aliphatic heterocycles. The molecule has 0 N–H and O–H groups in total. The van der Waals surface area contributed by atoms with Gasteiger partial charge in [-0.3, -0.25) is 9.59 Å². The van der Waals surface area contributed by atoms with Gasteiger partial charge in [0.15, 0.2) is 11.6 Å². The Balaban J connectivity index is 1.55. The summed E-state index contributed by atoms with van der Waals surface area (Å²) in [6, 6.07) is 5.21. The highest BCUT2D eigenvalue weighted by molar-refractivity contribution is 14.1. The highest BCUT2D eigenvalue weighted by Crippen LogP contribution is 2.37. The lowest BCUT2D eigenvalue weighted by Crippen LogP contribution is -2.23. The zero-order valence-electron chi connectivity index (χ0n) is 17.8. The van der Waals surface area contributed by atoms with Gasteiger partial charge in [-0.2, -0.15) is 0 Å². The summed E-state index contributed by atoms with van der Waals surface area (Å²) in [5.41, 5.74) is 4.64. The number of carbonyl (C=O) groups is 2. The number of aromatic nitrogens is 1. The molecule has 9 heteroatoms. The number of fused-ring (bicyclic) bond motifs is 2. The largest absolute Gasteiger partial charge is 0.437 e. The number of halogens is 2. The third-order valence-electron chi connectivity index (χ3n) is 5.94. The van der Waals surface area contributed by atoms with Crippen molar-refractivity contribution >= 4 is 89.8 Å². The van der Waals surface area contributed by atoms with E-state index in [0.29, 0.717) is 57.8 Å². The van der Waals surface area contributed by atoms with Gasteiger partial charge in [-0.15, -0.1) is 20.6 Å². The average molecular weight is 585 g/mol. The number of thiazole rings is 1. The van der Waals surface area contributed by atoms with Gasteiger partial charge in [0.2, 0.25) is 5.71 Å². The topological polar surface area (TPSA) is 60.2 Å². The first-order chi connectivity index (χ1) is 15.6. The number of ketones is 2. The summed E-state index contributed by atoms with van der Waals surface area (Å²) in [6.45, 7) is 5.59. The van der Waals surface area contributed by atoms with E-state index >= 15 is 4.39 Å². The lowest BCUT2D eigenvalue weighted by Gasteiger charge is -2.13. The lowest BCUT2D eigenvalue weighted by molar-refractivity contribution is 0.0990. The molecule has 4 nitrogen and oxygen atoms in total. The molecule has 0 amide bonds. The number of benzene rings is 2. The molecule has 5 rings (SSSR count). The Hall–Kier alpha value is -2.16. The van der Waals surface area contributed by atoms with Gasteiger partial charge >= 0.3 is 0 Å². The number of aryl methyl sites for hydroxylation is 2. The molecule has 33 heavy (non-hydrogen) atoms. The van der Waals surface area contributed by atoms with Crippen molar-refractivity contribution in [2.24, 2.45) is 0 Å². The van der Waals surface area contributed by atoms with Crippen molar-refractivity contribution in [3.63, 3.8) is 0 Å². The Kier molecular flexibility index (Phi) is 5.46. The second-order valence-electron chi connectivity index (χ2n) is 7.99. The normalized spacial score (nSPS) is 13.3. The molecule has 0 saturated carbocycles. The van der Waals surface area contributed by atoms with Crippen molar-refractivity contribution < 1.29 is 18.4 Å². The van der Waals surface area contributed by atoms with Crippen molar-refractivity contribution in [3.8, 4) is 10.6 Å². The summed E-state index contributed by atoms with van der Waals surface area (Å²) in [4.78, 5) is 30.1. The summed E-state index contributed by atoms with van der Waals surface area (Å²) in [6.07, 6.45) is 1.46. The molecular weight excluding hydrogens is 570 g/mol. The zero-order valence-corrected chi connectivity index (χ0v) is 21.9. The summed E-state index contributed by atoms with van der Waals surface area (Å²) in [5, 5.41) is 0.857. The van der Waals surface area contributed by atoms with E-state index in [1.165, 1.54) is 17.4 Å². The monoisotopic (exact) mass is 585 g/mol. The molecule has 0 saturated heterocycles. The van der Waals surface area contributed by atoms with Crippen LogP contribution in [0.3, 0.4) is 0 Å². The fourth-order valence-electron chi connectivity index (χ4n) is 3.82. The third kappa shape index (κ3) is 3.45. The maximum atomic E-state index is 15.0. The van der Waals surface area contributed by atoms with Crippen LogP contribution in [0.5, 0.6) is 0 Å². The Bertz CT molecular complexity index is 1480. The van der Waals surface area contributed by atoms with Crippen LogP contribution in [0.1, 0.15) is 43.2 Å². The molecule has 2 radical (unpaired) electrons. The second kappa shape index (κ2) is 7.96. The van der Waals surface area contributed by atoms with Gasteiger partial charge in [-0.05, 0) is 78.3 Å². The second-order valence-corrected chi connectivity index (χ2v) is 10.7. The van der Waals surface area contributed by atoms with Gasteiger partial charge in [0, 0.05) is 26.1 Å². The molecule has 162 valence electrons. The van der Waals surface area contributed by atoms with Crippen LogP contribution in [-0.2, 0) is 0 Å². The number of nitrogens with zero attached hydrogens (tertiary/aromatic N) is 1. The lowest BCUT2D eigenvalue weighted by atomic mass is 9.89. The summed E-state index contributed by atoms with van der Waals surface area (Å²) in [5.74, 6) is -0.670. The molecule has 1 aliphatic rings. The van der Waals surface area contributed by atoms with Crippen LogP contribution in [0.15, 0.2) is 28.2 Å². The maximum Gasteiger partial charge on any atom is 0.238 e. The van der Waals surface area contributed by atoms with Gasteiger partial charge in [-0.1, -0.05) is 5.46 Å². The summed E-state index contributed by atoms with van der Waals surface area (Å²) in [7, 11) is 8.54. The quantitative estimate of drug-likeness (QED) is 0.110. The molecule has 2 heterocycles. The zero-order chi connectivity index (χ0) is 23.8. The first-order valence-electron chi connectivity index (χ1n) is 9.94. The molecule has 4 aromatic rings. The van der Waals surface area contributed by atoms with Gasteiger partial charge < -0.3 is 4.42 Å². The van der Waals surface area contributed by atoms with Gasteiger partial charge in [0.05, 0.1) is 15.8 Å².